The first-order chi connectivity index (χ1) is 8.02. The maximum absolute atomic E-state index is 10.7. The third kappa shape index (κ3) is 2.12. The Hall–Kier alpha value is -1.56. The van der Waals surface area contributed by atoms with Gasteiger partial charge in [0.2, 0.25) is 5.88 Å². The molecule has 0 unspecified atom stereocenters. The molecule has 0 aliphatic carbocycles. The summed E-state index contributed by atoms with van der Waals surface area (Å²) in [4.78, 5) is 12.8. The Morgan fingerprint density at radius 1 is 1.59 bits per heavy atom. The van der Waals surface area contributed by atoms with Gasteiger partial charge in [0.15, 0.2) is 0 Å². The van der Waals surface area contributed by atoms with E-state index in [-0.39, 0.29) is 5.92 Å². The fraction of sp³-hybridized carbons (Fsp3) is 0.636. The van der Waals surface area contributed by atoms with Crippen LogP contribution in [-0.4, -0.2) is 46.0 Å². The number of methoxy groups -OCH3 is 1. The predicted molar refractivity (Wildman–Crippen MR) is 60.9 cm³/mol. The van der Waals surface area contributed by atoms with Gasteiger partial charge in [0, 0.05) is 26.7 Å². The molecule has 1 N–H and O–H groups in total. The van der Waals surface area contributed by atoms with E-state index in [1.54, 1.807) is 11.8 Å². The molecule has 0 spiro atoms. The molecule has 6 heteroatoms. The number of aromatic nitrogens is 2. The van der Waals surface area contributed by atoms with Crippen LogP contribution in [0, 0.1) is 12.8 Å². The summed E-state index contributed by atoms with van der Waals surface area (Å²) in [7, 11) is 3.46. The lowest BCUT2D eigenvalue weighted by atomic mass is 10.00. The van der Waals surface area contributed by atoms with Gasteiger partial charge in [0.25, 0.3) is 0 Å². The molecule has 0 radical (unpaired) electrons. The molecular formula is C11H17N3O3. The Bertz CT molecular complexity index is 435. The highest BCUT2D eigenvalue weighted by Crippen LogP contribution is 2.26. The lowest BCUT2D eigenvalue weighted by Gasteiger charge is -2.36. The van der Waals surface area contributed by atoms with Gasteiger partial charge in [-0.3, -0.25) is 9.69 Å². The molecule has 1 aromatic rings. The van der Waals surface area contributed by atoms with E-state index in [1.807, 2.05) is 14.0 Å². The van der Waals surface area contributed by atoms with Crippen LogP contribution in [0.1, 0.15) is 11.3 Å². The summed E-state index contributed by atoms with van der Waals surface area (Å²) in [5.74, 6) is -0.185. The molecule has 1 aliphatic heterocycles. The van der Waals surface area contributed by atoms with Crippen LogP contribution in [0.15, 0.2) is 0 Å². The number of ether oxygens (including phenoxy) is 1. The van der Waals surface area contributed by atoms with Crippen molar-refractivity contribution in [1.29, 1.82) is 0 Å². The number of hydrogen-bond acceptors (Lipinski definition) is 4. The highest BCUT2D eigenvalue weighted by atomic mass is 16.5. The Labute approximate surface area is 99.8 Å². The number of likely N-dealkylation sites (tertiary alicyclic amines) is 1. The molecule has 0 bridgehead atoms. The van der Waals surface area contributed by atoms with Crippen molar-refractivity contribution in [2.75, 3.05) is 20.2 Å². The average molecular weight is 239 g/mol. The van der Waals surface area contributed by atoms with Gasteiger partial charge in [-0.1, -0.05) is 0 Å². The molecule has 6 nitrogen and oxygen atoms in total. The molecular weight excluding hydrogens is 222 g/mol. The Morgan fingerprint density at radius 2 is 2.24 bits per heavy atom. The molecule has 94 valence electrons. The first kappa shape index (κ1) is 11.9. The zero-order valence-corrected chi connectivity index (χ0v) is 10.3. The molecule has 2 heterocycles. The van der Waals surface area contributed by atoms with Crippen molar-refractivity contribution in [2.24, 2.45) is 13.0 Å². The van der Waals surface area contributed by atoms with Crippen LogP contribution >= 0.6 is 0 Å². The maximum atomic E-state index is 10.7. The number of carbonyl (C=O) groups is 1. The summed E-state index contributed by atoms with van der Waals surface area (Å²) in [5.41, 5.74) is 1.97. The van der Waals surface area contributed by atoms with Crippen LogP contribution < -0.4 is 4.74 Å². The summed E-state index contributed by atoms with van der Waals surface area (Å²) in [6, 6.07) is 0. The molecule has 1 saturated heterocycles. The second-order valence-electron chi connectivity index (χ2n) is 4.43. The summed E-state index contributed by atoms with van der Waals surface area (Å²) >= 11 is 0. The maximum Gasteiger partial charge on any atom is 0.309 e. The standard InChI is InChI=1S/C11H17N3O3/c1-7-9(10(17-3)13(2)12-7)6-14-4-8(5-14)11(15)16/h8H,4-6H2,1-3H3,(H,15,16). The predicted octanol–water partition coefficient (Wildman–Crippen LogP) is 0.254. The zero-order valence-electron chi connectivity index (χ0n) is 10.3. The molecule has 17 heavy (non-hydrogen) atoms. The van der Waals surface area contributed by atoms with Crippen molar-refractivity contribution in [2.45, 2.75) is 13.5 Å². The molecule has 0 aromatic carbocycles. The Balaban J connectivity index is 2.03. The molecule has 0 atom stereocenters. The molecule has 1 fully saturated rings. The lowest BCUT2D eigenvalue weighted by Crippen LogP contribution is -2.49. The van der Waals surface area contributed by atoms with Gasteiger partial charge in [-0.05, 0) is 6.92 Å². The van der Waals surface area contributed by atoms with Crippen LogP contribution in [-0.2, 0) is 18.4 Å². The SMILES string of the molecule is COc1c(CN2CC(C(=O)O)C2)c(C)nn1C. The third-order valence-corrected chi connectivity index (χ3v) is 3.17. The van der Waals surface area contributed by atoms with Crippen LogP contribution in [0.4, 0.5) is 0 Å². The second kappa shape index (κ2) is 4.37. The largest absolute Gasteiger partial charge is 0.481 e. The normalized spacial score (nSPS) is 16.9. The van der Waals surface area contributed by atoms with Gasteiger partial charge in [-0.2, -0.15) is 5.10 Å². The molecule has 1 aliphatic rings. The van der Waals surface area contributed by atoms with Crippen molar-refractivity contribution < 1.29 is 14.6 Å². The van der Waals surface area contributed by atoms with E-state index >= 15 is 0 Å². The number of aliphatic carboxylic acids is 1. The Morgan fingerprint density at radius 3 is 2.76 bits per heavy atom. The Kier molecular flexibility index (Phi) is 3.06. The van der Waals surface area contributed by atoms with Crippen molar-refractivity contribution in [1.82, 2.24) is 14.7 Å². The molecule has 1 aromatic heterocycles. The van der Waals surface area contributed by atoms with Crippen LogP contribution in [0.5, 0.6) is 5.88 Å². The van der Waals surface area contributed by atoms with Crippen molar-refractivity contribution in [3.8, 4) is 5.88 Å². The number of carboxylic acids is 1. The number of rotatable bonds is 4. The van der Waals surface area contributed by atoms with Crippen LogP contribution in [0.25, 0.3) is 0 Å². The van der Waals surface area contributed by atoms with Gasteiger partial charge in [0.1, 0.15) is 0 Å². The van der Waals surface area contributed by atoms with E-state index in [4.69, 9.17) is 9.84 Å². The smallest absolute Gasteiger partial charge is 0.309 e. The topological polar surface area (TPSA) is 67.6 Å². The first-order valence-corrected chi connectivity index (χ1v) is 5.54. The number of aryl methyl sites for hydroxylation is 2. The van der Waals surface area contributed by atoms with Gasteiger partial charge < -0.3 is 9.84 Å². The summed E-state index contributed by atoms with van der Waals surface area (Å²) < 4.78 is 7.01. The first-order valence-electron chi connectivity index (χ1n) is 5.54. The van der Waals surface area contributed by atoms with Crippen molar-refractivity contribution in [3.05, 3.63) is 11.3 Å². The van der Waals surface area contributed by atoms with Crippen molar-refractivity contribution >= 4 is 5.97 Å². The van der Waals surface area contributed by atoms with Gasteiger partial charge in [0.05, 0.1) is 24.3 Å². The minimum Gasteiger partial charge on any atom is -0.481 e. The minimum atomic E-state index is -0.712. The molecule has 0 saturated carbocycles. The zero-order chi connectivity index (χ0) is 12.6. The van der Waals surface area contributed by atoms with E-state index in [0.29, 0.717) is 19.6 Å². The number of nitrogens with zero attached hydrogens (tertiary/aromatic N) is 3. The summed E-state index contributed by atoms with van der Waals surface area (Å²) in [5, 5.41) is 13.1. The fourth-order valence-electron chi connectivity index (χ4n) is 2.20. The van der Waals surface area contributed by atoms with Gasteiger partial charge in [-0.15, -0.1) is 0 Å². The van der Waals surface area contributed by atoms with Gasteiger partial charge in [-0.25, -0.2) is 4.68 Å². The van der Waals surface area contributed by atoms with Gasteiger partial charge >= 0.3 is 5.97 Å². The molecule has 2 rings (SSSR count). The highest BCUT2D eigenvalue weighted by Gasteiger charge is 2.33. The summed E-state index contributed by atoms with van der Waals surface area (Å²) in [6.07, 6.45) is 0. The second-order valence-corrected chi connectivity index (χ2v) is 4.43. The van der Waals surface area contributed by atoms with Crippen LogP contribution in [0.3, 0.4) is 0 Å². The number of hydrogen-bond donors (Lipinski definition) is 1. The van der Waals surface area contributed by atoms with Crippen molar-refractivity contribution in [3.63, 3.8) is 0 Å². The van der Waals surface area contributed by atoms with E-state index in [9.17, 15) is 4.79 Å². The minimum absolute atomic E-state index is 0.224. The molecule has 0 amide bonds. The number of carboxylic acid groups (broad SMARTS) is 1. The monoisotopic (exact) mass is 239 g/mol. The van der Waals surface area contributed by atoms with E-state index < -0.39 is 5.97 Å². The third-order valence-electron chi connectivity index (χ3n) is 3.17. The van der Waals surface area contributed by atoms with E-state index in [2.05, 4.69) is 10.00 Å². The van der Waals surface area contributed by atoms with E-state index in [1.165, 1.54) is 0 Å². The highest BCUT2D eigenvalue weighted by molar-refractivity contribution is 5.71. The van der Waals surface area contributed by atoms with Crippen LogP contribution in [0.2, 0.25) is 0 Å². The average Bonchev–Trinajstić information content (AvgIpc) is 2.45. The lowest BCUT2D eigenvalue weighted by molar-refractivity contribution is -0.147. The van der Waals surface area contributed by atoms with E-state index in [0.717, 1.165) is 17.1 Å². The quantitative estimate of drug-likeness (QED) is 0.816. The fourth-order valence-corrected chi connectivity index (χ4v) is 2.20. The summed E-state index contributed by atoms with van der Waals surface area (Å²) in [6.45, 7) is 3.85.